The molecule has 0 bridgehead atoms. The predicted octanol–water partition coefficient (Wildman–Crippen LogP) is 2.62. The number of piperidine rings is 1. The van der Waals surface area contributed by atoms with E-state index in [0.717, 1.165) is 25.9 Å². The molecule has 0 aromatic heterocycles. The molecule has 0 saturated carbocycles. The summed E-state index contributed by atoms with van der Waals surface area (Å²) in [6, 6.07) is 6.76. The van der Waals surface area contributed by atoms with Crippen LogP contribution < -0.4 is 10.6 Å². The first-order valence-electron chi connectivity index (χ1n) is 6.08. The maximum Gasteiger partial charge on any atom is 0.0371 e. The van der Waals surface area contributed by atoms with Gasteiger partial charge in [0.05, 0.1) is 0 Å². The van der Waals surface area contributed by atoms with Gasteiger partial charge in [-0.3, -0.25) is 0 Å². The van der Waals surface area contributed by atoms with E-state index in [2.05, 4.69) is 43.9 Å². The van der Waals surface area contributed by atoms with Crippen molar-refractivity contribution in [3.8, 4) is 0 Å². The highest BCUT2D eigenvalue weighted by molar-refractivity contribution is 5.51. The van der Waals surface area contributed by atoms with Gasteiger partial charge in [0, 0.05) is 24.3 Å². The van der Waals surface area contributed by atoms with Crippen molar-refractivity contribution in [1.29, 1.82) is 0 Å². The number of nitrogens with zero attached hydrogens (tertiary/aromatic N) is 1. The Morgan fingerprint density at radius 1 is 1.06 bits per heavy atom. The molecule has 88 valence electrons. The van der Waals surface area contributed by atoms with Crippen molar-refractivity contribution in [2.45, 2.75) is 39.2 Å². The zero-order valence-electron chi connectivity index (χ0n) is 10.6. The van der Waals surface area contributed by atoms with Crippen LogP contribution in [0.1, 0.15) is 30.9 Å². The minimum absolute atomic E-state index is 0.0371. The van der Waals surface area contributed by atoms with Gasteiger partial charge in [0.2, 0.25) is 0 Å². The Hall–Kier alpha value is -1.02. The molecule has 0 atom stereocenters. The maximum atomic E-state index is 6.15. The van der Waals surface area contributed by atoms with E-state index in [1.165, 1.54) is 16.8 Å². The van der Waals surface area contributed by atoms with E-state index in [-0.39, 0.29) is 5.54 Å². The summed E-state index contributed by atoms with van der Waals surface area (Å²) < 4.78 is 0. The second-order valence-electron chi connectivity index (χ2n) is 5.49. The predicted molar refractivity (Wildman–Crippen MR) is 70.0 cm³/mol. The molecule has 1 saturated heterocycles. The average Bonchev–Trinajstić information content (AvgIpc) is 2.15. The van der Waals surface area contributed by atoms with Crippen LogP contribution >= 0.6 is 0 Å². The minimum Gasteiger partial charge on any atom is -0.371 e. The molecule has 0 radical (unpaired) electrons. The zero-order valence-corrected chi connectivity index (χ0v) is 10.6. The maximum absolute atomic E-state index is 6.15. The number of hydrogen-bond acceptors (Lipinski definition) is 2. The highest BCUT2D eigenvalue weighted by Crippen LogP contribution is 2.25. The van der Waals surface area contributed by atoms with Crippen LogP contribution in [0.15, 0.2) is 18.2 Å². The fourth-order valence-electron chi connectivity index (χ4n) is 2.41. The SMILES string of the molecule is Cc1cc(C)cc(N2CCC(C)(N)CC2)c1. The van der Waals surface area contributed by atoms with Gasteiger partial charge in [0.1, 0.15) is 0 Å². The standard InChI is InChI=1S/C14H22N2/c1-11-8-12(2)10-13(9-11)16-6-4-14(3,15)5-7-16/h8-10H,4-7,15H2,1-3H3. The van der Waals surface area contributed by atoms with E-state index in [1.807, 2.05) is 0 Å². The van der Waals surface area contributed by atoms with Gasteiger partial charge < -0.3 is 10.6 Å². The summed E-state index contributed by atoms with van der Waals surface area (Å²) in [6.07, 6.45) is 2.17. The topological polar surface area (TPSA) is 29.3 Å². The van der Waals surface area contributed by atoms with E-state index in [1.54, 1.807) is 0 Å². The molecule has 0 spiro atoms. The Balaban J connectivity index is 2.14. The third kappa shape index (κ3) is 2.56. The Kier molecular flexibility index (Phi) is 2.94. The third-order valence-electron chi connectivity index (χ3n) is 3.48. The van der Waals surface area contributed by atoms with E-state index < -0.39 is 0 Å². The Labute approximate surface area is 98.4 Å². The van der Waals surface area contributed by atoms with Crippen LogP contribution in [-0.2, 0) is 0 Å². The van der Waals surface area contributed by atoms with Crippen LogP contribution in [0.4, 0.5) is 5.69 Å². The summed E-state index contributed by atoms with van der Waals surface area (Å²) >= 11 is 0. The summed E-state index contributed by atoms with van der Waals surface area (Å²) in [5.74, 6) is 0. The summed E-state index contributed by atoms with van der Waals surface area (Å²) in [6.45, 7) is 8.64. The molecular formula is C14H22N2. The number of benzene rings is 1. The average molecular weight is 218 g/mol. The second kappa shape index (κ2) is 4.10. The molecule has 1 heterocycles. The molecular weight excluding hydrogens is 196 g/mol. The van der Waals surface area contributed by atoms with Crippen molar-refractivity contribution in [3.63, 3.8) is 0 Å². The molecule has 1 fully saturated rings. The molecule has 1 aromatic carbocycles. The molecule has 0 unspecified atom stereocenters. The van der Waals surface area contributed by atoms with E-state index in [4.69, 9.17) is 5.73 Å². The lowest BCUT2D eigenvalue weighted by Gasteiger charge is -2.38. The first-order valence-corrected chi connectivity index (χ1v) is 6.08. The quantitative estimate of drug-likeness (QED) is 0.785. The summed E-state index contributed by atoms with van der Waals surface area (Å²) in [5.41, 5.74) is 10.2. The summed E-state index contributed by atoms with van der Waals surface area (Å²) in [4.78, 5) is 2.45. The largest absolute Gasteiger partial charge is 0.371 e. The first kappa shape index (κ1) is 11.5. The van der Waals surface area contributed by atoms with Gasteiger partial charge in [0.15, 0.2) is 0 Å². The molecule has 0 aliphatic carbocycles. The molecule has 2 heteroatoms. The van der Waals surface area contributed by atoms with Crippen LogP contribution in [0.5, 0.6) is 0 Å². The summed E-state index contributed by atoms with van der Waals surface area (Å²) in [5, 5.41) is 0. The zero-order chi connectivity index (χ0) is 11.8. The van der Waals surface area contributed by atoms with Gasteiger partial charge in [-0.05, 0) is 56.9 Å². The van der Waals surface area contributed by atoms with Gasteiger partial charge in [-0.2, -0.15) is 0 Å². The van der Waals surface area contributed by atoms with E-state index >= 15 is 0 Å². The normalized spacial score (nSPS) is 19.9. The van der Waals surface area contributed by atoms with Crippen molar-refractivity contribution in [1.82, 2.24) is 0 Å². The van der Waals surface area contributed by atoms with Gasteiger partial charge in [-0.1, -0.05) is 6.07 Å². The fraction of sp³-hybridized carbons (Fsp3) is 0.571. The van der Waals surface area contributed by atoms with Crippen molar-refractivity contribution >= 4 is 5.69 Å². The van der Waals surface area contributed by atoms with Crippen molar-refractivity contribution in [2.24, 2.45) is 5.73 Å². The van der Waals surface area contributed by atoms with Gasteiger partial charge >= 0.3 is 0 Å². The number of nitrogens with two attached hydrogens (primary N) is 1. The Bertz CT molecular complexity index is 352. The number of rotatable bonds is 1. The molecule has 2 nitrogen and oxygen atoms in total. The van der Waals surface area contributed by atoms with Crippen molar-refractivity contribution in [3.05, 3.63) is 29.3 Å². The van der Waals surface area contributed by atoms with E-state index in [9.17, 15) is 0 Å². The third-order valence-corrected chi connectivity index (χ3v) is 3.48. The highest BCUT2D eigenvalue weighted by atomic mass is 15.1. The first-order chi connectivity index (χ1) is 7.46. The lowest BCUT2D eigenvalue weighted by molar-refractivity contribution is 0.364. The monoisotopic (exact) mass is 218 g/mol. The smallest absolute Gasteiger partial charge is 0.0371 e. The Morgan fingerprint density at radius 2 is 1.56 bits per heavy atom. The van der Waals surface area contributed by atoms with Crippen molar-refractivity contribution in [2.75, 3.05) is 18.0 Å². The van der Waals surface area contributed by atoms with E-state index in [0.29, 0.717) is 0 Å². The van der Waals surface area contributed by atoms with Gasteiger partial charge in [0.25, 0.3) is 0 Å². The molecule has 2 N–H and O–H groups in total. The Morgan fingerprint density at radius 3 is 2.06 bits per heavy atom. The second-order valence-corrected chi connectivity index (χ2v) is 5.49. The molecule has 1 aromatic rings. The number of hydrogen-bond donors (Lipinski definition) is 1. The lowest BCUT2D eigenvalue weighted by atomic mass is 9.90. The number of aryl methyl sites for hydroxylation is 2. The summed E-state index contributed by atoms with van der Waals surface area (Å²) in [7, 11) is 0. The van der Waals surface area contributed by atoms with Crippen LogP contribution in [0.25, 0.3) is 0 Å². The van der Waals surface area contributed by atoms with Crippen LogP contribution in [0, 0.1) is 13.8 Å². The molecule has 16 heavy (non-hydrogen) atoms. The molecule has 2 rings (SSSR count). The van der Waals surface area contributed by atoms with Crippen molar-refractivity contribution < 1.29 is 0 Å². The number of anilines is 1. The van der Waals surface area contributed by atoms with Crippen LogP contribution in [0.3, 0.4) is 0 Å². The molecule has 1 aliphatic rings. The molecule has 1 aliphatic heterocycles. The fourth-order valence-corrected chi connectivity index (χ4v) is 2.41. The van der Waals surface area contributed by atoms with Crippen LogP contribution in [0.2, 0.25) is 0 Å². The lowest BCUT2D eigenvalue weighted by Crippen LogP contribution is -2.48. The van der Waals surface area contributed by atoms with Crippen LogP contribution in [-0.4, -0.2) is 18.6 Å². The highest BCUT2D eigenvalue weighted by Gasteiger charge is 2.25. The molecule has 0 amide bonds. The van der Waals surface area contributed by atoms with Gasteiger partial charge in [-0.15, -0.1) is 0 Å². The van der Waals surface area contributed by atoms with Gasteiger partial charge in [-0.25, -0.2) is 0 Å². The minimum atomic E-state index is 0.0371.